The third kappa shape index (κ3) is 4.57. The molecule has 2 unspecified atom stereocenters. The number of aliphatic imine (C=N–C) groups is 1. The minimum absolute atomic E-state index is 0.239. The second-order valence-corrected chi connectivity index (χ2v) is 14.4. The Labute approximate surface area is 307 Å². The van der Waals surface area contributed by atoms with Crippen molar-refractivity contribution in [2.75, 3.05) is 0 Å². The molecule has 1 aliphatic carbocycles. The molecule has 2 aliphatic heterocycles. The molecule has 0 bridgehead atoms. The molecule has 1 spiro atoms. The van der Waals surface area contributed by atoms with Crippen LogP contribution in [0.1, 0.15) is 50.7 Å². The minimum atomic E-state index is -0.541. The molecule has 244 valence electrons. The van der Waals surface area contributed by atoms with Crippen molar-refractivity contribution in [2.45, 2.75) is 21.4 Å². The Morgan fingerprint density at radius 3 is 1.98 bits per heavy atom. The molecule has 1 N–H and O–H groups in total. The van der Waals surface area contributed by atoms with E-state index in [0.29, 0.717) is 5.56 Å². The monoisotopic (exact) mass is 681 g/mol. The fraction of sp³-hybridized carbons (Fsp3) is 0.0417. The standard InChI is InChI=1S/C48H31N3S/c49-30-35-17-11-23-41-46(35)52-44-24-10-9-21-39(44)48(41)38-20-8-7-18-37(38)45-36(19-12-22-40(45)48)31-25-27-34(28-26-31)47-50-42(32-13-3-1-4-14-32)29-43(51-47)33-15-5-2-6-16-33/h1-29,47,50H. The van der Waals surface area contributed by atoms with Crippen LogP contribution in [0, 0.1) is 11.3 Å². The summed E-state index contributed by atoms with van der Waals surface area (Å²) in [4.78, 5) is 7.44. The Morgan fingerprint density at radius 2 is 1.19 bits per heavy atom. The number of nitrogens with one attached hydrogen (secondary N) is 1. The summed E-state index contributed by atoms with van der Waals surface area (Å²) < 4.78 is 0. The van der Waals surface area contributed by atoms with Gasteiger partial charge in [-0.25, -0.2) is 0 Å². The van der Waals surface area contributed by atoms with Gasteiger partial charge in [-0.1, -0.05) is 169 Å². The second kappa shape index (κ2) is 12.1. The van der Waals surface area contributed by atoms with Gasteiger partial charge < -0.3 is 5.32 Å². The highest BCUT2D eigenvalue weighted by Crippen LogP contribution is 2.63. The maximum atomic E-state index is 10.2. The topological polar surface area (TPSA) is 48.2 Å². The van der Waals surface area contributed by atoms with Gasteiger partial charge >= 0.3 is 0 Å². The van der Waals surface area contributed by atoms with E-state index in [-0.39, 0.29) is 6.17 Å². The van der Waals surface area contributed by atoms with Crippen molar-refractivity contribution in [3.05, 3.63) is 220 Å². The van der Waals surface area contributed by atoms with Gasteiger partial charge in [0.05, 0.1) is 16.7 Å². The van der Waals surface area contributed by atoms with Gasteiger partial charge in [-0.2, -0.15) is 5.26 Å². The molecule has 0 saturated carbocycles. The number of benzene rings is 7. The van der Waals surface area contributed by atoms with Crippen molar-refractivity contribution < 1.29 is 0 Å². The third-order valence-corrected chi connectivity index (χ3v) is 11.9. The van der Waals surface area contributed by atoms with Crippen LogP contribution in [0.4, 0.5) is 0 Å². The highest BCUT2D eigenvalue weighted by molar-refractivity contribution is 7.99. The molecule has 10 rings (SSSR count). The predicted octanol–water partition coefficient (Wildman–Crippen LogP) is 11.2. The Bertz CT molecular complexity index is 2630. The van der Waals surface area contributed by atoms with E-state index in [0.717, 1.165) is 38.6 Å². The van der Waals surface area contributed by atoms with Crippen LogP contribution in [0.2, 0.25) is 0 Å². The number of allylic oxidation sites excluding steroid dienone is 1. The summed E-state index contributed by atoms with van der Waals surface area (Å²) in [5.41, 5.74) is 15.3. The quantitative estimate of drug-likeness (QED) is 0.201. The zero-order valence-electron chi connectivity index (χ0n) is 28.1. The Balaban J connectivity index is 1.11. The highest BCUT2D eigenvalue weighted by atomic mass is 32.2. The van der Waals surface area contributed by atoms with Crippen LogP contribution < -0.4 is 5.32 Å². The van der Waals surface area contributed by atoms with Gasteiger partial charge in [-0.15, -0.1) is 0 Å². The zero-order chi connectivity index (χ0) is 34.6. The smallest absolute Gasteiger partial charge is 0.145 e. The predicted molar refractivity (Wildman–Crippen MR) is 211 cm³/mol. The number of nitrogens with zero attached hydrogens (tertiary/aromatic N) is 2. The summed E-state index contributed by atoms with van der Waals surface area (Å²) in [5, 5.41) is 14.0. The third-order valence-electron chi connectivity index (χ3n) is 10.6. The average Bonchev–Trinajstić information content (AvgIpc) is 3.52. The molecule has 2 heterocycles. The van der Waals surface area contributed by atoms with E-state index in [4.69, 9.17) is 4.99 Å². The number of fused-ring (bicyclic) bond motifs is 9. The first-order valence-corrected chi connectivity index (χ1v) is 18.4. The van der Waals surface area contributed by atoms with Crippen molar-refractivity contribution in [1.82, 2.24) is 5.32 Å². The molecule has 0 saturated heterocycles. The molecule has 52 heavy (non-hydrogen) atoms. The SMILES string of the molecule is N#Cc1cccc2c1Sc1ccccc1C21c2ccccc2-c2c(-c3ccc(C4N=C(c5ccccc5)C=C(c5ccccc5)N4)cc3)cccc21. The highest BCUT2D eigenvalue weighted by Gasteiger charge is 2.51. The molecule has 7 aromatic rings. The maximum Gasteiger partial charge on any atom is 0.145 e. The van der Waals surface area contributed by atoms with E-state index in [9.17, 15) is 5.26 Å². The molecule has 3 nitrogen and oxygen atoms in total. The second-order valence-electron chi connectivity index (χ2n) is 13.4. The molecule has 0 aromatic heterocycles. The average molecular weight is 682 g/mol. The van der Waals surface area contributed by atoms with Crippen molar-refractivity contribution in [2.24, 2.45) is 4.99 Å². The van der Waals surface area contributed by atoms with Crippen LogP contribution in [0.5, 0.6) is 0 Å². The van der Waals surface area contributed by atoms with Crippen LogP contribution in [0.15, 0.2) is 191 Å². The largest absolute Gasteiger partial charge is 0.360 e. The summed E-state index contributed by atoms with van der Waals surface area (Å²) in [6.07, 6.45) is 1.91. The van der Waals surface area contributed by atoms with Gasteiger partial charge in [0.2, 0.25) is 0 Å². The number of hydrogen-bond donors (Lipinski definition) is 1. The lowest BCUT2D eigenvalue weighted by Crippen LogP contribution is -2.32. The molecular weight excluding hydrogens is 651 g/mol. The fourth-order valence-corrected chi connectivity index (χ4v) is 9.64. The number of hydrogen-bond acceptors (Lipinski definition) is 4. The van der Waals surface area contributed by atoms with Gasteiger partial charge in [0.1, 0.15) is 12.2 Å². The lowest BCUT2D eigenvalue weighted by Gasteiger charge is -2.40. The molecule has 3 aliphatic rings. The first-order valence-electron chi connectivity index (χ1n) is 17.6. The first kappa shape index (κ1) is 30.4. The van der Waals surface area contributed by atoms with E-state index in [2.05, 4.69) is 163 Å². The van der Waals surface area contributed by atoms with Crippen molar-refractivity contribution in [3.8, 4) is 28.3 Å². The van der Waals surface area contributed by atoms with Crippen LogP contribution in [0.25, 0.3) is 28.0 Å². The number of rotatable bonds is 4. The van der Waals surface area contributed by atoms with Crippen molar-refractivity contribution in [3.63, 3.8) is 0 Å². The van der Waals surface area contributed by atoms with E-state index in [1.165, 1.54) is 43.8 Å². The first-order chi connectivity index (χ1) is 25.7. The maximum absolute atomic E-state index is 10.2. The lowest BCUT2D eigenvalue weighted by molar-refractivity contribution is 0.664. The summed E-state index contributed by atoms with van der Waals surface area (Å²) in [6.45, 7) is 0. The molecule has 2 atom stereocenters. The van der Waals surface area contributed by atoms with Crippen LogP contribution >= 0.6 is 11.8 Å². The normalized spacial score (nSPS) is 17.8. The summed E-state index contributed by atoms with van der Waals surface area (Å²) in [6, 6.07) is 62.8. The zero-order valence-corrected chi connectivity index (χ0v) is 28.9. The lowest BCUT2D eigenvalue weighted by atomic mass is 9.67. The molecule has 0 amide bonds. The van der Waals surface area contributed by atoms with E-state index < -0.39 is 5.41 Å². The van der Waals surface area contributed by atoms with Gasteiger partial charge in [0, 0.05) is 15.5 Å². The van der Waals surface area contributed by atoms with E-state index in [1.807, 2.05) is 24.3 Å². The molecule has 4 heteroatoms. The molecular formula is C48H31N3S. The molecule has 0 radical (unpaired) electrons. The Morgan fingerprint density at radius 1 is 0.558 bits per heavy atom. The van der Waals surface area contributed by atoms with Crippen LogP contribution in [0.3, 0.4) is 0 Å². The van der Waals surface area contributed by atoms with E-state index >= 15 is 0 Å². The van der Waals surface area contributed by atoms with Gasteiger partial charge in [-0.3, -0.25) is 4.99 Å². The summed E-state index contributed by atoms with van der Waals surface area (Å²) >= 11 is 1.71. The fourth-order valence-electron chi connectivity index (χ4n) is 8.39. The van der Waals surface area contributed by atoms with Crippen molar-refractivity contribution >= 4 is 23.2 Å². The molecule has 7 aromatic carbocycles. The Kier molecular flexibility index (Phi) is 7.09. The van der Waals surface area contributed by atoms with Crippen LogP contribution in [-0.2, 0) is 5.41 Å². The van der Waals surface area contributed by atoms with E-state index in [1.54, 1.807) is 11.8 Å². The number of nitriles is 1. The van der Waals surface area contributed by atoms with Gasteiger partial charge in [0.15, 0.2) is 0 Å². The van der Waals surface area contributed by atoms with Gasteiger partial charge in [0.25, 0.3) is 0 Å². The van der Waals surface area contributed by atoms with Crippen molar-refractivity contribution in [1.29, 1.82) is 5.26 Å². The summed E-state index contributed by atoms with van der Waals surface area (Å²) in [5.74, 6) is 0. The minimum Gasteiger partial charge on any atom is -0.360 e. The summed E-state index contributed by atoms with van der Waals surface area (Å²) in [7, 11) is 0. The Hall–Kier alpha value is -6.41. The van der Waals surface area contributed by atoms with Gasteiger partial charge in [-0.05, 0) is 79.4 Å². The van der Waals surface area contributed by atoms with Crippen LogP contribution in [-0.4, -0.2) is 5.71 Å². The molecule has 0 fully saturated rings.